The maximum absolute atomic E-state index is 5.99. The molecule has 19 heavy (non-hydrogen) atoms. The molecule has 1 aliphatic heterocycles. The SMILES string of the molecule is CN(CC1CCCOC1)C(CN)c1ccccc1Br. The van der Waals surface area contributed by atoms with E-state index in [1.165, 1.54) is 18.4 Å². The average Bonchev–Trinajstić information content (AvgIpc) is 2.43. The van der Waals surface area contributed by atoms with Crippen molar-refractivity contribution < 1.29 is 4.74 Å². The highest BCUT2D eigenvalue weighted by molar-refractivity contribution is 9.10. The van der Waals surface area contributed by atoms with Crippen LogP contribution in [0.25, 0.3) is 0 Å². The highest BCUT2D eigenvalue weighted by Gasteiger charge is 2.22. The van der Waals surface area contributed by atoms with Gasteiger partial charge in [-0.05, 0) is 37.4 Å². The van der Waals surface area contributed by atoms with Crippen LogP contribution in [-0.4, -0.2) is 38.3 Å². The third-order valence-corrected chi connectivity index (χ3v) is 4.54. The Kier molecular flexibility index (Phi) is 5.82. The molecule has 1 fully saturated rings. The van der Waals surface area contributed by atoms with E-state index < -0.39 is 0 Å². The van der Waals surface area contributed by atoms with E-state index in [2.05, 4.69) is 46.1 Å². The van der Waals surface area contributed by atoms with Crippen molar-refractivity contribution in [2.24, 2.45) is 11.7 Å². The van der Waals surface area contributed by atoms with E-state index in [4.69, 9.17) is 10.5 Å². The molecule has 1 aromatic carbocycles. The van der Waals surface area contributed by atoms with Crippen LogP contribution in [0.2, 0.25) is 0 Å². The largest absolute Gasteiger partial charge is 0.381 e. The molecule has 4 heteroatoms. The van der Waals surface area contributed by atoms with Gasteiger partial charge in [-0.3, -0.25) is 4.90 Å². The predicted octanol–water partition coefficient (Wildman–Crippen LogP) is 2.81. The number of hydrogen-bond acceptors (Lipinski definition) is 3. The van der Waals surface area contributed by atoms with Gasteiger partial charge in [0, 0.05) is 30.2 Å². The van der Waals surface area contributed by atoms with Crippen molar-refractivity contribution in [3.8, 4) is 0 Å². The first-order valence-electron chi connectivity index (χ1n) is 6.95. The molecule has 3 nitrogen and oxygen atoms in total. The molecule has 2 rings (SSSR count). The minimum atomic E-state index is 0.262. The summed E-state index contributed by atoms with van der Waals surface area (Å²) in [5, 5.41) is 0. The molecule has 0 aliphatic carbocycles. The fraction of sp³-hybridized carbons (Fsp3) is 0.600. The van der Waals surface area contributed by atoms with Gasteiger partial charge in [0.15, 0.2) is 0 Å². The standard InChI is InChI=1S/C15H23BrN2O/c1-18(10-12-5-4-8-19-11-12)15(9-17)13-6-2-3-7-14(13)16/h2-3,6-7,12,15H,4-5,8-11,17H2,1H3. The summed E-state index contributed by atoms with van der Waals surface area (Å²) >= 11 is 3.62. The maximum Gasteiger partial charge on any atom is 0.0506 e. The summed E-state index contributed by atoms with van der Waals surface area (Å²) in [6.07, 6.45) is 2.44. The van der Waals surface area contributed by atoms with Crippen molar-refractivity contribution in [2.45, 2.75) is 18.9 Å². The van der Waals surface area contributed by atoms with Crippen LogP contribution in [0.4, 0.5) is 0 Å². The molecular formula is C15H23BrN2O. The molecule has 0 amide bonds. The summed E-state index contributed by atoms with van der Waals surface area (Å²) in [5.74, 6) is 0.635. The highest BCUT2D eigenvalue weighted by Crippen LogP contribution is 2.27. The first kappa shape index (κ1) is 15.0. The Morgan fingerprint density at radius 1 is 1.47 bits per heavy atom. The van der Waals surface area contributed by atoms with E-state index in [0.29, 0.717) is 12.5 Å². The predicted molar refractivity (Wildman–Crippen MR) is 82.1 cm³/mol. The van der Waals surface area contributed by atoms with E-state index in [9.17, 15) is 0 Å². The molecule has 1 aromatic rings. The van der Waals surface area contributed by atoms with E-state index in [-0.39, 0.29) is 6.04 Å². The van der Waals surface area contributed by atoms with Crippen molar-refractivity contribution >= 4 is 15.9 Å². The zero-order chi connectivity index (χ0) is 13.7. The van der Waals surface area contributed by atoms with Crippen LogP contribution in [0.15, 0.2) is 28.7 Å². The lowest BCUT2D eigenvalue weighted by Gasteiger charge is -2.32. The molecule has 1 aliphatic rings. The van der Waals surface area contributed by atoms with Crippen LogP contribution >= 0.6 is 15.9 Å². The summed E-state index contributed by atoms with van der Waals surface area (Å²) < 4.78 is 6.69. The summed E-state index contributed by atoms with van der Waals surface area (Å²) in [5.41, 5.74) is 7.25. The van der Waals surface area contributed by atoms with Gasteiger partial charge in [-0.1, -0.05) is 34.1 Å². The molecule has 0 saturated carbocycles. The van der Waals surface area contributed by atoms with Crippen molar-refractivity contribution in [2.75, 3.05) is 33.4 Å². The van der Waals surface area contributed by atoms with Crippen molar-refractivity contribution in [3.05, 3.63) is 34.3 Å². The second-order valence-electron chi connectivity index (χ2n) is 5.30. The lowest BCUT2D eigenvalue weighted by atomic mass is 9.99. The van der Waals surface area contributed by atoms with E-state index in [1.54, 1.807) is 0 Å². The van der Waals surface area contributed by atoms with Crippen molar-refractivity contribution in [1.82, 2.24) is 4.90 Å². The minimum Gasteiger partial charge on any atom is -0.381 e. The number of halogens is 1. The highest BCUT2D eigenvalue weighted by atomic mass is 79.9. The molecule has 1 saturated heterocycles. The lowest BCUT2D eigenvalue weighted by molar-refractivity contribution is 0.0365. The maximum atomic E-state index is 5.99. The fourth-order valence-corrected chi connectivity index (χ4v) is 3.32. The molecule has 106 valence electrons. The third kappa shape index (κ3) is 4.02. The second-order valence-corrected chi connectivity index (χ2v) is 6.15. The van der Waals surface area contributed by atoms with Gasteiger partial charge in [0.25, 0.3) is 0 Å². The van der Waals surface area contributed by atoms with Crippen LogP contribution in [0.1, 0.15) is 24.4 Å². The van der Waals surface area contributed by atoms with Gasteiger partial charge in [0.1, 0.15) is 0 Å². The molecule has 0 radical (unpaired) electrons. The van der Waals surface area contributed by atoms with Crippen molar-refractivity contribution in [1.29, 1.82) is 0 Å². The van der Waals surface area contributed by atoms with Crippen LogP contribution < -0.4 is 5.73 Å². The fourth-order valence-electron chi connectivity index (χ4n) is 2.78. The Morgan fingerprint density at radius 3 is 2.89 bits per heavy atom. The first-order valence-corrected chi connectivity index (χ1v) is 7.74. The van der Waals surface area contributed by atoms with Crippen LogP contribution in [0.3, 0.4) is 0 Å². The molecule has 2 unspecified atom stereocenters. The number of likely N-dealkylation sites (N-methyl/N-ethyl adjacent to an activating group) is 1. The Balaban J connectivity index is 2.02. The lowest BCUT2D eigenvalue weighted by Crippen LogP contribution is -2.36. The van der Waals surface area contributed by atoms with Crippen LogP contribution in [0, 0.1) is 5.92 Å². The summed E-state index contributed by atoms with van der Waals surface area (Å²) in [7, 11) is 2.16. The third-order valence-electron chi connectivity index (χ3n) is 3.82. The number of rotatable bonds is 5. The molecule has 2 atom stereocenters. The number of nitrogens with two attached hydrogens (primary N) is 1. The van der Waals surface area contributed by atoms with E-state index in [0.717, 1.165) is 24.2 Å². The van der Waals surface area contributed by atoms with Crippen molar-refractivity contribution in [3.63, 3.8) is 0 Å². The van der Waals surface area contributed by atoms with Gasteiger partial charge >= 0.3 is 0 Å². The van der Waals surface area contributed by atoms with Gasteiger partial charge in [0.2, 0.25) is 0 Å². The Bertz CT molecular complexity index is 393. The zero-order valence-electron chi connectivity index (χ0n) is 11.5. The molecular weight excluding hydrogens is 304 g/mol. The summed E-state index contributed by atoms with van der Waals surface area (Å²) in [6, 6.07) is 8.60. The molecule has 1 heterocycles. The first-order chi connectivity index (χ1) is 9.22. The second kappa shape index (κ2) is 7.39. The number of nitrogens with zero attached hydrogens (tertiary/aromatic N) is 1. The Hall–Kier alpha value is -0.420. The number of benzene rings is 1. The summed E-state index contributed by atoms with van der Waals surface area (Å²) in [4.78, 5) is 2.36. The quantitative estimate of drug-likeness (QED) is 0.904. The number of hydrogen-bond donors (Lipinski definition) is 1. The monoisotopic (exact) mass is 326 g/mol. The molecule has 2 N–H and O–H groups in total. The Labute approximate surface area is 124 Å². The zero-order valence-corrected chi connectivity index (χ0v) is 13.1. The van der Waals surface area contributed by atoms with E-state index in [1.807, 2.05) is 6.07 Å². The normalized spacial score (nSPS) is 21.6. The molecule has 0 bridgehead atoms. The van der Waals surface area contributed by atoms with Crippen LogP contribution in [-0.2, 0) is 4.74 Å². The van der Waals surface area contributed by atoms with Gasteiger partial charge in [0.05, 0.1) is 6.61 Å². The minimum absolute atomic E-state index is 0.262. The molecule has 0 spiro atoms. The Morgan fingerprint density at radius 2 is 2.26 bits per heavy atom. The smallest absolute Gasteiger partial charge is 0.0506 e. The molecule has 0 aromatic heterocycles. The van der Waals surface area contributed by atoms with Crippen LogP contribution in [0.5, 0.6) is 0 Å². The van der Waals surface area contributed by atoms with E-state index >= 15 is 0 Å². The van der Waals surface area contributed by atoms with Gasteiger partial charge in [-0.25, -0.2) is 0 Å². The topological polar surface area (TPSA) is 38.5 Å². The van der Waals surface area contributed by atoms with Gasteiger partial charge in [-0.15, -0.1) is 0 Å². The van der Waals surface area contributed by atoms with Gasteiger partial charge < -0.3 is 10.5 Å². The summed E-state index contributed by atoms with van der Waals surface area (Å²) in [6.45, 7) is 3.48. The van der Waals surface area contributed by atoms with Gasteiger partial charge in [-0.2, -0.15) is 0 Å². The average molecular weight is 327 g/mol. The number of ether oxygens (including phenoxy) is 1.